The van der Waals surface area contributed by atoms with Crippen LogP contribution >= 0.6 is 0 Å². The van der Waals surface area contributed by atoms with Crippen molar-refractivity contribution >= 4 is 21.9 Å². The molecule has 21 heavy (non-hydrogen) atoms. The molecule has 0 radical (unpaired) electrons. The minimum absolute atomic E-state index is 0.0201. The van der Waals surface area contributed by atoms with Crippen molar-refractivity contribution in [2.24, 2.45) is 5.84 Å². The second-order valence-electron chi connectivity index (χ2n) is 3.88. The summed E-state index contributed by atoms with van der Waals surface area (Å²) in [6.45, 7) is 0.748. The average molecular weight is 318 g/mol. The van der Waals surface area contributed by atoms with Crippen LogP contribution in [0.15, 0.2) is 17.3 Å². The highest BCUT2D eigenvalue weighted by Gasteiger charge is 2.15. The van der Waals surface area contributed by atoms with Crippen LogP contribution in [-0.4, -0.2) is 51.1 Å². The van der Waals surface area contributed by atoms with Crippen LogP contribution in [0.4, 0.5) is 5.95 Å². The van der Waals surface area contributed by atoms with Gasteiger partial charge in [-0.3, -0.25) is 10.2 Å². The molecule has 0 unspecified atom stereocenters. The van der Waals surface area contributed by atoms with Crippen LogP contribution in [-0.2, 0) is 19.6 Å². The van der Waals surface area contributed by atoms with Gasteiger partial charge in [-0.15, -0.1) is 0 Å². The standard InChI is InChI=1S/C10H18N6O4S/c1-20-5-4-12-9(17)2-3-15-21(18,19)8-6-13-10(16-11)14-7-8/h6-7,15H,2-5,11H2,1H3,(H,12,17)(H,13,14,16). The van der Waals surface area contributed by atoms with Crippen molar-refractivity contribution in [3.63, 3.8) is 0 Å². The number of nitrogens with zero attached hydrogens (tertiary/aromatic N) is 2. The lowest BCUT2D eigenvalue weighted by Crippen LogP contribution is -2.32. The molecule has 11 heteroatoms. The summed E-state index contributed by atoms with van der Waals surface area (Å²) >= 11 is 0. The summed E-state index contributed by atoms with van der Waals surface area (Å²) in [6, 6.07) is 0. The molecule has 0 aliphatic rings. The van der Waals surface area contributed by atoms with Crippen molar-refractivity contribution in [1.29, 1.82) is 0 Å². The summed E-state index contributed by atoms with van der Waals surface area (Å²) in [5.41, 5.74) is 2.19. The summed E-state index contributed by atoms with van der Waals surface area (Å²) in [4.78, 5) is 18.7. The number of sulfonamides is 1. The maximum absolute atomic E-state index is 11.9. The van der Waals surface area contributed by atoms with E-state index in [9.17, 15) is 13.2 Å². The number of amides is 1. The number of methoxy groups -OCH3 is 1. The van der Waals surface area contributed by atoms with E-state index in [2.05, 4.69) is 25.4 Å². The number of ether oxygens (including phenoxy) is 1. The Morgan fingerprint density at radius 2 is 2.00 bits per heavy atom. The molecule has 0 bridgehead atoms. The van der Waals surface area contributed by atoms with Gasteiger partial charge in [0.05, 0.1) is 19.0 Å². The molecular weight excluding hydrogens is 300 g/mol. The molecule has 1 heterocycles. The molecule has 0 aliphatic carbocycles. The molecule has 1 amide bonds. The Bertz CT molecular complexity index is 547. The maximum atomic E-state index is 11.9. The number of hydrazine groups is 1. The van der Waals surface area contributed by atoms with Gasteiger partial charge in [0.25, 0.3) is 0 Å². The van der Waals surface area contributed by atoms with Crippen LogP contribution in [0.25, 0.3) is 0 Å². The molecular formula is C10H18N6O4S. The Balaban J connectivity index is 2.43. The smallest absolute Gasteiger partial charge is 0.243 e. The lowest BCUT2D eigenvalue weighted by atomic mass is 10.4. The number of nitrogens with two attached hydrogens (primary N) is 1. The number of hydrogen-bond donors (Lipinski definition) is 4. The van der Waals surface area contributed by atoms with Crippen molar-refractivity contribution in [3.8, 4) is 0 Å². The van der Waals surface area contributed by atoms with Gasteiger partial charge in [-0.1, -0.05) is 0 Å². The predicted molar refractivity (Wildman–Crippen MR) is 74.5 cm³/mol. The summed E-state index contributed by atoms with van der Waals surface area (Å²) < 4.78 is 30.8. The first-order valence-electron chi connectivity index (χ1n) is 6.03. The van der Waals surface area contributed by atoms with Crippen LogP contribution in [0.2, 0.25) is 0 Å². The molecule has 118 valence electrons. The van der Waals surface area contributed by atoms with E-state index in [1.54, 1.807) is 0 Å². The second-order valence-corrected chi connectivity index (χ2v) is 5.64. The maximum Gasteiger partial charge on any atom is 0.243 e. The molecule has 10 nitrogen and oxygen atoms in total. The molecule has 0 aromatic carbocycles. The summed E-state index contributed by atoms with van der Waals surface area (Å²) in [5, 5.41) is 2.58. The Labute approximate surface area is 122 Å². The van der Waals surface area contributed by atoms with Gasteiger partial charge in [0.15, 0.2) is 0 Å². The second kappa shape index (κ2) is 8.46. The van der Waals surface area contributed by atoms with Crippen molar-refractivity contribution in [2.45, 2.75) is 11.3 Å². The van der Waals surface area contributed by atoms with Crippen LogP contribution in [0.1, 0.15) is 6.42 Å². The van der Waals surface area contributed by atoms with Crippen molar-refractivity contribution in [3.05, 3.63) is 12.4 Å². The summed E-state index contributed by atoms with van der Waals surface area (Å²) in [7, 11) is -2.23. The first-order chi connectivity index (χ1) is 9.99. The summed E-state index contributed by atoms with van der Waals surface area (Å²) in [6.07, 6.45) is 2.25. The van der Waals surface area contributed by atoms with Crippen molar-refractivity contribution < 1.29 is 17.9 Å². The lowest BCUT2D eigenvalue weighted by molar-refractivity contribution is -0.121. The fraction of sp³-hybridized carbons (Fsp3) is 0.500. The fourth-order valence-electron chi connectivity index (χ4n) is 1.29. The van der Waals surface area contributed by atoms with E-state index in [0.717, 1.165) is 12.4 Å². The van der Waals surface area contributed by atoms with E-state index < -0.39 is 10.0 Å². The number of anilines is 1. The van der Waals surface area contributed by atoms with Gasteiger partial charge in [0.2, 0.25) is 21.9 Å². The first-order valence-corrected chi connectivity index (χ1v) is 7.52. The number of hydrogen-bond acceptors (Lipinski definition) is 8. The molecule has 1 rings (SSSR count). The van der Waals surface area contributed by atoms with Gasteiger partial charge in [-0.05, 0) is 0 Å². The van der Waals surface area contributed by atoms with Gasteiger partial charge in [-0.2, -0.15) is 0 Å². The van der Waals surface area contributed by atoms with E-state index >= 15 is 0 Å². The third kappa shape index (κ3) is 5.99. The van der Waals surface area contributed by atoms with E-state index in [1.807, 2.05) is 0 Å². The SMILES string of the molecule is COCCNC(=O)CCNS(=O)(=O)c1cnc(NN)nc1. The summed E-state index contributed by atoms with van der Waals surface area (Å²) in [5.74, 6) is 4.91. The number of nitrogens with one attached hydrogen (secondary N) is 3. The minimum Gasteiger partial charge on any atom is -0.383 e. The Morgan fingerprint density at radius 3 is 2.57 bits per heavy atom. The molecule has 0 atom stereocenters. The molecule has 0 saturated carbocycles. The molecule has 5 N–H and O–H groups in total. The zero-order chi connectivity index (χ0) is 15.7. The zero-order valence-corrected chi connectivity index (χ0v) is 12.3. The van der Waals surface area contributed by atoms with Crippen molar-refractivity contribution in [1.82, 2.24) is 20.0 Å². The van der Waals surface area contributed by atoms with E-state index in [4.69, 9.17) is 10.6 Å². The monoisotopic (exact) mass is 318 g/mol. The molecule has 0 spiro atoms. The highest BCUT2D eigenvalue weighted by molar-refractivity contribution is 7.89. The number of rotatable bonds is 9. The predicted octanol–water partition coefficient (Wildman–Crippen LogP) is -1.81. The topological polar surface area (TPSA) is 148 Å². The van der Waals surface area contributed by atoms with Crippen LogP contribution in [0.5, 0.6) is 0 Å². The quantitative estimate of drug-likeness (QED) is 0.236. The highest BCUT2D eigenvalue weighted by Crippen LogP contribution is 2.06. The number of nitrogen functional groups attached to an aromatic ring is 1. The lowest BCUT2D eigenvalue weighted by Gasteiger charge is -2.07. The molecule has 0 aliphatic heterocycles. The Morgan fingerprint density at radius 1 is 1.33 bits per heavy atom. The van der Waals surface area contributed by atoms with Crippen LogP contribution < -0.4 is 21.3 Å². The van der Waals surface area contributed by atoms with Crippen LogP contribution in [0, 0.1) is 0 Å². The number of carbonyl (C=O) groups excluding carboxylic acids is 1. The van der Waals surface area contributed by atoms with Gasteiger partial charge < -0.3 is 10.1 Å². The van der Waals surface area contributed by atoms with Gasteiger partial charge >= 0.3 is 0 Å². The molecule has 1 aromatic heterocycles. The Kier molecular flexibility index (Phi) is 6.94. The highest BCUT2D eigenvalue weighted by atomic mass is 32.2. The molecule has 0 saturated heterocycles. The molecule has 1 aromatic rings. The van der Waals surface area contributed by atoms with Gasteiger partial charge in [0, 0.05) is 26.6 Å². The van der Waals surface area contributed by atoms with Crippen molar-refractivity contribution in [2.75, 3.05) is 32.2 Å². The van der Waals surface area contributed by atoms with Gasteiger partial charge in [-0.25, -0.2) is 29.0 Å². The van der Waals surface area contributed by atoms with Crippen LogP contribution in [0.3, 0.4) is 0 Å². The fourth-order valence-corrected chi connectivity index (χ4v) is 2.21. The minimum atomic E-state index is -3.75. The van der Waals surface area contributed by atoms with Gasteiger partial charge in [0.1, 0.15) is 4.90 Å². The largest absolute Gasteiger partial charge is 0.383 e. The third-order valence-corrected chi connectivity index (χ3v) is 3.76. The normalized spacial score (nSPS) is 11.1. The zero-order valence-electron chi connectivity index (χ0n) is 11.5. The molecule has 0 fully saturated rings. The number of aromatic nitrogens is 2. The average Bonchev–Trinajstić information content (AvgIpc) is 2.47. The Hall–Kier alpha value is -1.82. The van der Waals surface area contributed by atoms with E-state index in [1.165, 1.54) is 7.11 Å². The third-order valence-electron chi connectivity index (χ3n) is 2.34. The van der Waals surface area contributed by atoms with E-state index in [0.29, 0.717) is 13.2 Å². The first kappa shape index (κ1) is 17.2. The number of carbonyl (C=O) groups is 1. The van der Waals surface area contributed by atoms with E-state index in [-0.39, 0.29) is 29.7 Å².